The molecule has 1 unspecified atom stereocenters. The Morgan fingerprint density at radius 2 is 1.94 bits per heavy atom. The molecule has 2 atom stereocenters. The van der Waals surface area contributed by atoms with Gasteiger partial charge >= 0.3 is 0 Å². The maximum Gasteiger partial charge on any atom is 0.255 e. The first-order valence-corrected chi connectivity index (χ1v) is 11.0. The highest BCUT2D eigenvalue weighted by Gasteiger charge is 2.43. The minimum absolute atomic E-state index is 0.102. The van der Waals surface area contributed by atoms with E-state index in [9.17, 15) is 4.79 Å². The Bertz CT molecular complexity index is 1500. The molecule has 3 aliphatic rings. The molecule has 1 saturated heterocycles. The first-order chi connectivity index (χ1) is 16.2. The Balaban J connectivity index is 1.30. The Morgan fingerprint density at radius 3 is 2.91 bits per heavy atom. The number of ether oxygens (including phenoxy) is 1. The molecule has 4 heterocycles. The minimum Gasteiger partial charge on any atom is -0.491 e. The van der Waals surface area contributed by atoms with E-state index < -0.39 is 0 Å². The topological polar surface area (TPSA) is 98.9 Å². The molecule has 160 valence electrons. The second-order valence-corrected chi connectivity index (χ2v) is 8.47. The number of carbonyl (C=O) groups excluding carboxylic acids is 1. The third-order valence-corrected chi connectivity index (χ3v) is 6.41. The molecule has 33 heavy (non-hydrogen) atoms. The summed E-state index contributed by atoms with van der Waals surface area (Å²) in [6.07, 6.45) is 5.92. The van der Waals surface area contributed by atoms with Crippen molar-refractivity contribution >= 4 is 22.4 Å². The molecule has 1 amide bonds. The van der Waals surface area contributed by atoms with Crippen LogP contribution in [0.4, 0.5) is 0 Å². The number of rotatable bonds is 2. The van der Waals surface area contributed by atoms with E-state index in [1.54, 1.807) is 6.20 Å². The van der Waals surface area contributed by atoms with Gasteiger partial charge in [0.25, 0.3) is 5.91 Å². The molecule has 1 aliphatic carbocycles. The van der Waals surface area contributed by atoms with Crippen LogP contribution in [0.2, 0.25) is 0 Å². The number of aromatic nitrogens is 3. The van der Waals surface area contributed by atoms with Gasteiger partial charge in [-0.05, 0) is 47.5 Å². The average molecular weight is 433 g/mol. The molecule has 2 aromatic heterocycles. The van der Waals surface area contributed by atoms with Gasteiger partial charge < -0.3 is 10.1 Å². The van der Waals surface area contributed by atoms with Crippen LogP contribution in [-0.4, -0.2) is 40.1 Å². The van der Waals surface area contributed by atoms with Gasteiger partial charge in [0.1, 0.15) is 12.4 Å². The van der Waals surface area contributed by atoms with Crippen LogP contribution in [0, 0.1) is 0 Å². The van der Waals surface area contributed by atoms with E-state index in [4.69, 9.17) is 14.7 Å². The molecule has 2 aromatic carbocycles. The summed E-state index contributed by atoms with van der Waals surface area (Å²) in [6.45, 7) is 0.960. The molecule has 2 N–H and O–H groups in total. The van der Waals surface area contributed by atoms with Gasteiger partial charge in [0.2, 0.25) is 0 Å². The van der Waals surface area contributed by atoms with Crippen LogP contribution < -0.4 is 15.4 Å². The Labute approximate surface area is 189 Å². The SMILES string of the molecule is O=C1NCCOc2cc(C3=C[C@@H]4NC4c4nc(-c5ccc6ncccc6c5)ncc43)ccc21. The third kappa shape index (κ3) is 3.01. The average Bonchev–Trinajstić information content (AvgIpc) is 3.67. The van der Waals surface area contributed by atoms with Gasteiger partial charge in [-0.15, -0.1) is 0 Å². The summed E-state index contributed by atoms with van der Waals surface area (Å²) in [7, 11) is 0. The van der Waals surface area contributed by atoms with E-state index in [0.29, 0.717) is 30.3 Å². The van der Waals surface area contributed by atoms with E-state index >= 15 is 0 Å². The molecule has 0 spiro atoms. The van der Waals surface area contributed by atoms with Crippen molar-refractivity contribution in [2.75, 3.05) is 13.2 Å². The lowest BCUT2D eigenvalue weighted by Gasteiger charge is -2.17. The molecule has 1 fully saturated rings. The number of carbonyl (C=O) groups is 1. The standard InChI is InChI=1S/C26H19N5O2/c32-26-17-5-3-14(11-22(17)33-9-8-28-26)18-12-21-24(30-21)23-19(18)13-29-25(31-23)16-4-6-20-15(10-16)2-1-7-27-20/h1-7,10-13,21,24,30H,8-9H2,(H,28,32)/t21-,24?/m0/s1. The van der Waals surface area contributed by atoms with Crippen molar-refractivity contribution in [1.29, 1.82) is 0 Å². The summed E-state index contributed by atoms with van der Waals surface area (Å²) in [5.41, 5.74) is 6.54. The van der Waals surface area contributed by atoms with E-state index in [2.05, 4.69) is 27.8 Å². The fraction of sp³-hybridized carbons (Fsp3) is 0.154. The van der Waals surface area contributed by atoms with Gasteiger partial charge in [0.05, 0.1) is 29.4 Å². The van der Waals surface area contributed by atoms with E-state index in [1.165, 1.54) is 0 Å². The zero-order chi connectivity index (χ0) is 21.9. The van der Waals surface area contributed by atoms with Crippen molar-refractivity contribution in [3.05, 3.63) is 89.4 Å². The summed E-state index contributed by atoms with van der Waals surface area (Å²) in [4.78, 5) is 26.4. The summed E-state index contributed by atoms with van der Waals surface area (Å²) >= 11 is 0. The third-order valence-electron chi connectivity index (χ3n) is 6.41. The largest absolute Gasteiger partial charge is 0.491 e. The molecular formula is C26H19N5O2. The first-order valence-electron chi connectivity index (χ1n) is 11.0. The predicted octanol–water partition coefficient (Wildman–Crippen LogP) is 3.27. The highest BCUT2D eigenvalue weighted by molar-refractivity contribution is 5.98. The minimum atomic E-state index is -0.102. The lowest BCUT2D eigenvalue weighted by Crippen LogP contribution is -2.24. The first kappa shape index (κ1) is 18.5. The monoisotopic (exact) mass is 433 g/mol. The Kier molecular flexibility index (Phi) is 3.89. The van der Waals surface area contributed by atoms with Crippen LogP contribution in [0.1, 0.15) is 33.2 Å². The molecule has 4 aromatic rings. The molecule has 7 rings (SSSR count). The van der Waals surface area contributed by atoms with Gasteiger partial charge in [-0.3, -0.25) is 15.1 Å². The van der Waals surface area contributed by atoms with Gasteiger partial charge in [0.15, 0.2) is 5.82 Å². The number of nitrogens with one attached hydrogen (secondary N) is 2. The van der Waals surface area contributed by atoms with Crippen LogP contribution in [0.15, 0.2) is 67.0 Å². The number of benzene rings is 2. The number of hydrogen-bond donors (Lipinski definition) is 2. The summed E-state index contributed by atoms with van der Waals surface area (Å²) in [5, 5.41) is 7.41. The Hall–Kier alpha value is -4.10. The van der Waals surface area contributed by atoms with Crippen molar-refractivity contribution in [3.8, 4) is 17.1 Å². The smallest absolute Gasteiger partial charge is 0.255 e. The summed E-state index contributed by atoms with van der Waals surface area (Å²) < 4.78 is 5.83. The zero-order valence-electron chi connectivity index (χ0n) is 17.6. The molecule has 7 heteroatoms. The summed E-state index contributed by atoms with van der Waals surface area (Å²) in [6, 6.07) is 16.3. The van der Waals surface area contributed by atoms with Crippen LogP contribution in [0.3, 0.4) is 0 Å². The highest BCUT2D eigenvalue weighted by Crippen LogP contribution is 2.43. The van der Waals surface area contributed by atoms with Crippen LogP contribution >= 0.6 is 0 Å². The lowest BCUT2D eigenvalue weighted by molar-refractivity contribution is 0.0957. The predicted molar refractivity (Wildman–Crippen MR) is 124 cm³/mol. The normalized spacial score (nSPS) is 20.5. The molecular weight excluding hydrogens is 414 g/mol. The molecule has 0 bridgehead atoms. The number of fused-ring (bicyclic) bond motifs is 5. The number of nitrogens with zero attached hydrogens (tertiary/aromatic N) is 3. The number of amides is 1. The van der Waals surface area contributed by atoms with Crippen molar-refractivity contribution in [1.82, 2.24) is 25.6 Å². The molecule has 7 nitrogen and oxygen atoms in total. The van der Waals surface area contributed by atoms with Crippen LogP contribution in [0.25, 0.3) is 27.9 Å². The molecule has 0 saturated carbocycles. The summed E-state index contributed by atoms with van der Waals surface area (Å²) in [5.74, 6) is 1.21. The Morgan fingerprint density at radius 1 is 1.00 bits per heavy atom. The van der Waals surface area contributed by atoms with Crippen molar-refractivity contribution in [2.24, 2.45) is 0 Å². The van der Waals surface area contributed by atoms with Gasteiger partial charge in [0, 0.05) is 34.9 Å². The van der Waals surface area contributed by atoms with Gasteiger partial charge in [-0.2, -0.15) is 0 Å². The van der Waals surface area contributed by atoms with E-state index in [1.807, 2.05) is 48.7 Å². The maximum absolute atomic E-state index is 12.3. The van der Waals surface area contributed by atoms with Crippen LogP contribution in [-0.2, 0) is 0 Å². The number of pyridine rings is 1. The van der Waals surface area contributed by atoms with Crippen molar-refractivity contribution in [2.45, 2.75) is 12.1 Å². The second kappa shape index (κ2) is 6.95. The highest BCUT2D eigenvalue weighted by atomic mass is 16.5. The van der Waals surface area contributed by atoms with Crippen LogP contribution in [0.5, 0.6) is 5.75 Å². The van der Waals surface area contributed by atoms with Gasteiger partial charge in [-0.1, -0.05) is 18.2 Å². The van der Waals surface area contributed by atoms with Gasteiger partial charge in [-0.25, -0.2) is 9.97 Å². The van der Waals surface area contributed by atoms with Crippen molar-refractivity contribution < 1.29 is 9.53 Å². The fourth-order valence-corrected chi connectivity index (χ4v) is 4.68. The fourth-order valence-electron chi connectivity index (χ4n) is 4.68. The molecule has 2 aliphatic heterocycles. The zero-order valence-corrected chi connectivity index (χ0v) is 17.6. The maximum atomic E-state index is 12.3. The van der Waals surface area contributed by atoms with Crippen molar-refractivity contribution in [3.63, 3.8) is 0 Å². The quantitative estimate of drug-likeness (QED) is 0.471. The number of hydrogen-bond acceptors (Lipinski definition) is 6. The van der Waals surface area contributed by atoms with E-state index in [0.717, 1.165) is 38.9 Å². The molecule has 0 radical (unpaired) electrons. The lowest BCUT2D eigenvalue weighted by atomic mass is 9.90. The second-order valence-electron chi connectivity index (χ2n) is 8.47. The van der Waals surface area contributed by atoms with E-state index in [-0.39, 0.29) is 18.0 Å².